The fourth-order valence-electron chi connectivity index (χ4n) is 1.02. The van der Waals surface area contributed by atoms with Gasteiger partial charge in [0.2, 0.25) is 5.91 Å². The zero-order valence-corrected chi connectivity index (χ0v) is 6.16. The molecule has 0 aromatic heterocycles. The molecule has 6 heteroatoms. The van der Waals surface area contributed by atoms with E-state index in [-0.39, 0.29) is 12.8 Å². The van der Waals surface area contributed by atoms with E-state index in [1.165, 1.54) is 0 Å². The second-order valence-corrected chi connectivity index (χ2v) is 2.72. The van der Waals surface area contributed by atoms with Crippen LogP contribution in [0.1, 0.15) is 12.8 Å². The third-order valence-electron chi connectivity index (χ3n) is 1.58. The zero-order chi connectivity index (χ0) is 9.35. The molecule has 0 saturated carbocycles. The van der Waals surface area contributed by atoms with Crippen LogP contribution < -0.4 is 11.1 Å². The van der Waals surface area contributed by atoms with E-state index >= 15 is 0 Å². The molecule has 1 aliphatic rings. The summed E-state index contributed by atoms with van der Waals surface area (Å²) in [7, 11) is 0. The maximum atomic E-state index is 10.8. The van der Waals surface area contributed by atoms with Crippen LogP contribution >= 0.6 is 0 Å². The smallest absolute Gasteiger partial charge is 0.344 e. The normalized spacial score (nSPS) is 29.8. The molecule has 0 aromatic rings. The molecule has 6 nitrogen and oxygen atoms in total. The predicted molar refractivity (Wildman–Crippen MR) is 36.9 cm³/mol. The molecule has 0 spiro atoms. The summed E-state index contributed by atoms with van der Waals surface area (Å²) in [6.07, 6.45) is -0.639. The van der Waals surface area contributed by atoms with Gasteiger partial charge in [0.1, 0.15) is 5.78 Å². The van der Waals surface area contributed by atoms with E-state index in [1.54, 1.807) is 0 Å². The Morgan fingerprint density at radius 3 is 2.58 bits per heavy atom. The molecule has 0 aromatic carbocycles. The number of carbonyl (C=O) groups is 3. The second-order valence-electron chi connectivity index (χ2n) is 2.72. The third-order valence-corrected chi connectivity index (χ3v) is 1.58. The molecule has 12 heavy (non-hydrogen) atoms. The Labute approximate surface area is 67.7 Å². The average Bonchev–Trinajstić information content (AvgIpc) is 1.82. The van der Waals surface area contributed by atoms with Crippen molar-refractivity contribution in [2.75, 3.05) is 0 Å². The first-order valence-corrected chi connectivity index (χ1v) is 3.29. The summed E-state index contributed by atoms with van der Waals surface area (Å²) < 4.78 is 0. The van der Waals surface area contributed by atoms with Gasteiger partial charge in [-0.1, -0.05) is 0 Å². The molecule has 1 atom stereocenters. The van der Waals surface area contributed by atoms with Crippen molar-refractivity contribution in [2.45, 2.75) is 18.5 Å². The van der Waals surface area contributed by atoms with Crippen molar-refractivity contribution in [1.29, 1.82) is 0 Å². The number of carboxylic acids is 1. The minimum absolute atomic E-state index is 0.285. The third kappa shape index (κ3) is 1.42. The average molecular weight is 172 g/mol. The molecular weight excluding hydrogens is 164 g/mol. The first-order valence-electron chi connectivity index (χ1n) is 3.29. The van der Waals surface area contributed by atoms with Gasteiger partial charge in [-0.2, -0.15) is 0 Å². The van der Waals surface area contributed by atoms with Crippen molar-refractivity contribution in [3.8, 4) is 0 Å². The lowest BCUT2D eigenvalue weighted by molar-refractivity contribution is -0.152. The second kappa shape index (κ2) is 2.56. The largest absolute Gasteiger partial charge is 0.478 e. The van der Waals surface area contributed by atoms with Crippen molar-refractivity contribution >= 4 is 17.7 Å². The summed E-state index contributed by atoms with van der Waals surface area (Å²) in [5, 5.41) is 10.6. The van der Waals surface area contributed by atoms with Crippen molar-refractivity contribution in [2.24, 2.45) is 5.73 Å². The van der Waals surface area contributed by atoms with E-state index in [2.05, 4.69) is 0 Å². The van der Waals surface area contributed by atoms with Gasteiger partial charge in [0, 0.05) is 0 Å². The Hall–Kier alpha value is -1.43. The van der Waals surface area contributed by atoms with E-state index in [1.807, 2.05) is 5.32 Å². The highest BCUT2D eigenvalue weighted by molar-refractivity contribution is 6.05. The minimum Gasteiger partial charge on any atom is -0.478 e. The molecule has 1 fully saturated rings. The van der Waals surface area contributed by atoms with Crippen LogP contribution in [-0.4, -0.2) is 28.4 Å². The number of hydrogen-bond donors (Lipinski definition) is 3. The van der Waals surface area contributed by atoms with Gasteiger partial charge in [-0.15, -0.1) is 0 Å². The molecule has 1 aliphatic heterocycles. The monoisotopic (exact) mass is 172 g/mol. The van der Waals surface area contributed by atoms with E-state index in [0.29, 0.717) is 0 Å². The Morgan fingerprint density at radius 2 is 2.17 bits per heavy atom. The number of carbonyl (C=O) groups excluding carboxylic acids is 2. The number of aliphatic carboxylic acids is 1. The van der Waals surface area contributed by atoms with Crippen molar-refractivity contribution in [1.82, 2.24) is 5.32 Å². The minimum atomic E-state index is -1.91. The zero-order valence-electron chi connectivity index (χ0n) is 6.16. The van der Waals surface area contributed by atoms with Crippen LogP contribution in [0.25, 0.3) is 0 Å². The van der Waals surface area contributed by atoms with Crippen LogP contribution in [-0.2, 0) is 14.4 Å². The number of nitrogens with two attached hydrogens (primary N) is 1. The molecule has 1 heterocycles. The fourth-order valence-corrected chi connectivity index (χ4v) is 1.02. The summed E-state index contributed by atoms with van der Waals surface area (Å²) in [5.41, 5.74) is 3.32. The fraction of sp³-hybridized carbons (Fsp3) is 0.500. The van der Waals surface area contributed by atoms with Crippen LogP contribution in [0.4, 0.5) is 0 Å². The molecule has 0 radical (unpaired) electrons. The van der Waals surface area contributed by atoms with E-state index in [4.69, 9.17) is 10.8 Å². The van der Waals surface area contributed by atoms with Gasteiger partial charge in [0.25, 0.3) is 0 Å². The topological polar surface area (TPSA) is 109 Å². The highest BCUT2D eigenvalue weighted by atomic mass is 16.4. The predicted octanol–water partition coefficient (Wildman–Crippen LogP) is -1.79. The number of nitrogens with one attached hydrogen (secondary N) is 1. The van der Waals surface area contributed by atoms with Gasteiger partial charge in [0.15, 0.2) is 5.66 Å². The summed E-state index contributed by atoms with van der Waals surface area (Å²) in [5.74, 6) is -2.50. The first-order chi connectivity index (χ1) is 5.44. The summed E-state index contributed by atoms with van der Waals surface area (Å²) >= 11 is 0. The van der Waals surface area contributed by atoms with Crippen molar-refractivity contribution in [3.63, 3.8) is 0 Å². The number of ketones is 1. The number of carboxylic acid groups (broad SMARTS) is 1. The lowest BCUT2D eigenvalue weighted by Gasteiger charge is -2.28. The lowest BCUT2D eigenvalue weighted by atomic mass is 9.97. The number of hydrogen-bond acceptors (Lipinski definition) is 4. The number of rotatable bonds is 1. The summed E-state index contributed by atoms with van der Waals surface area (Å²) in [6.45, 7) is 0. The van der Waals surface area contributed by atoms with Crippen LogP contribution in [0.15, 0.2) is 0 Å². The Bertz CT molecular complexity index is 244. The summed E-state index contributed by atoms with van der Waals surface area (Å²) in [6, 6.07) is 0. The summed E-state index contributed by atoms with van der Waals surface area (Å²) in [4.78, 5) is 32.0. The maximum absolute atomic E-state index is 10.8. The van der Waals surface area contributed by atoms with E-state index in [9.17, 15) is 14.4 Å². The lowest BCUT2D eigenvalue weighted by Crippen LogP contribution is -2.65. The van der Waals surface area contributed by atoms with Gasteiger partial charge >= 0.3 is 5.97 Å². The van der Waals surface area contributed by atoms with Gasteiger partial charge in [-0.25, -0.2) is 4.79 Å². The molecule has 1 amide bonds. The van der Waals surface area contributed by atoms with E-state index in [0.717, 1.165) is 0 Å². The van der Waals surface area contributed by atoms with Crippen LogP contribution in [0.2, 0.25) is 0 Å². The highest BCUT2D eigenvalue weighted by Gasteiger charge is 2.41. The Morgan fingerprint density at radius 1 is 1.58 bits per heavy atom. The van der Waals surface area contributed by atoms with Crippen molar-refractivity contribution < 1.29 is 19.5 Å². The van der Waals surface area contributed by atoms with Gasteiger partial charge in [-0.3, -0.25) is 15.3 Å². The van der Waals surface area contributed by atoms with Gasteiger partial charge in [0.05, 0.1) is 12.8 Å². The maximum Gasteiger partial charge on any atom is 0.344 e. The number of amides is 1. The van der Waals surface area contributed by atoms with Gasteiger partial charge in [-0.05, 0) is 0 Å². The molecule has 0 aliphatic carbocycles. The standard InChI is InChI=1S/C6H8N2O4/c7-6(5(11)12)2-3(9)1-4(10)8-6/h1-2,7H2,(H,8,10)(H,11,12)/t6-/m1/s1. The number of Topliss-reactive ketones (excluding diaryl/α,β-unsaturated/α-hetero) is 1. The molecule has 0 unspecified atom stereocenters. The van der Waals surface area contributed by atoms with Gasteiger partial charge < -0.3 is 10.4 Å². The SMILES string of the molecule is N[C@]1(C(=O)O)CC(=O)CC(=O)N1. The van der Waals surface area contributed by atoms with Crippen LogP contribution in [0.5, 0.6) is 0 Å². The molecule has 4 N–H and O–H groups in total. The van der Waals surface area contributed by atoms with Crippen LogP contribution in [0, 0.1) is 0 Å². The molecule has 0 bridgehead atoms. The Kier molecular flexibility index (Phi) is 1.85. The molecular formula is C6H8N2O4. The number of piperidine rings is 1. The first kappa shape index (κ1) is 8.66. The highest BCUT2D eigenvalue weighted by Crippen LogP contribution is 2.11. The quantitative estimate of drug-likeness (QED) is 0.404. The van der Waals surface area contributed by atoms with Crippen molar-refractivity contribution in [3.05, 3.63) is 0 Å². The van der Waals surface area contributed by atoms with E-state index < -0.39 is 23.3 Å². The Balaban J connectivity index is 2.85. The molecule has 1 rings (SSSR count). The molecule has 66 valence electrons. The molecule has 1 saturated heterocycles. The van der Waals surface area contributed by atoms with Crippen LogP contribution in [0.3, 0.4) is 0 Å².